The maximum atomic E-state index is 8.57. The zero-order valence-corrected chi connectivity index (χ0v) is 26.4. The summed E-state index contributed by atoms with van der Waals surface area (Å²) in [6, 6.07) is 41.1. The van der Waals surface area contributed by atoms with Gasteiger partial charge in [0.25, 0.3) is 0 Å². The number of aromatic nitrogens is 3. The minimum Gasteiger partial charge on any atom is -0.455 e. The largest absolute Gasteiger partial charge is 0.455 e. The fraction of sp³-hybridized carbons (Fsp3) is 0. The number of rotatable bonds is 5. The third-order valence-corrected chi connectivity index (χ3v) is 9.04. The Morgan fingerprint density at radius 1 is 0.380 bits per heavy atom. The molecule has 0 amide bonds. The molecule has 234 valence electrons. The SMILES string of the molecule is [2H]c1c([2H])c([2H])c(-c2cccc(-c3nc(-c4ccccc4)nc(-c4cccc5c4oc4c(-c6cccc7c6oc6ccccc67)cccc45)n3)c2)c([2H])c1[2H]. The second-order valence-corrected chi connectivity index (χ2v) is 12.0. The minimum absolute atomic E-state index is 0.103. The first-order valence-electron chi connectivity index (χ1n) is 18.7. The second kappa shape index (κ2) is 11.4. The van der Waals surface area contributed by atoms with Gasteiger partial charge < -0.3 is 8.83 Å². The van der Waals surface area contributed by atoms with Crippen molar-refractivity contribution in [2.24, 2.45) is 0 Å². The zero-order chi connectivity index (χ0) is 37.4. The molecule has 0 aliphatic heterocycles. The predicted octanol–water partition coefficient (Wildman–Crippen LogP) is 12.0. The second-order valence-electron chi connectivity index (χ2n) is 12.0. The highest BCUT2D eigenvalue weighted by atomic mass is 16.3. The molecular formula is C45H27N3O2. The molecule has 3 aromatic heterocycles. The Hall–Kier alpha value is -6.85. The molecule has 0 saturated carbocycles. The molecule has 0 atom stereocenters. The van der Waals surface area contributed by atoms with Crippen molar-refractivity contribution >= 4 is 43.9 Å². The van der Waals surface area contributed by atoms with Gasteiger partial charge in [0.2, 0.25) is 0 Å². The summed E-state index contributed by atoms with van der Waals surface area (Å²) in [7, 11) is 0. The fourth-order valence-corrected chi connectivity index (χ4v) is 6.72. The number of furan rings is 2. The molecular weight excluding hydrogens is 615 g/mol. The van der Waals surface area contributed by atoms with Gasteiger partial charge >= 0.3 is 0 Å². The summed E-state index contributed by atoms with van der Waals surface area (Å²) in [5.41, 5.74) is 7.35. The smallest absolute Gasteiger partial charge is 0.167 e. The van der Waals surface area contributed by atoms with E-state index < -0.39 is 18.1 Å². The number of fused-ring (bicyclic) bond motifs is 6. The Morgan fingerprint density at radius 3 is 1.66 bits per heavy atom. The first kappa shape index (κ1) is 23.5. The molecule has 5 heteroatoms. The number of hydrogen-bond acceptors (Lipinski definition) is 5. The van der Waals surface area contributed by atoms with Gasteiger partial charge in [0.1, 0.15) is 22.3 Å². The Morgan fingerprint density at radius 2 is 0.900 bits per heavy atom. The molecule has 3 heterocycles. The van der Waals surface area contributed by atoms with Crippen LogP contribution in [0.1, 0.15) is 6.85 Å². The molecule has 0 spiro atoms. The lowest BCUT2D eigenvalue weighted by Gasteiger charge is -2.10. The van der Waals surface area contributed by atoms with E-state index in [-0.39, 0.29) is 17.6 Å². The van der Waals surface area contributed by atoms with Crippen LogP contribution in [-0.4, -0.2) is 15.0 Å². The van der Waals surface area contributed by atoms with Gasteiger partial charge in [-0.15, -0.1) is 0 Å². The number of hydrogen-bond donors (Lipinski definition) is 0. The normalized spacial score (nSPS) is 13.0. The number of nitrogens with zero attached hydrogens (tertiary/aromatic N) is 3. The standard InChI is InChI=1S/C45H27N3O2/c1-3-13-28(14-4-1)30-17-9-18-31(27-30)44-46-43(29-15-5-2-6-16-29)47-45(48-44)38-25-12-24-37-36-23-11-22-35(41(36)50-42(37)38)34-21-10-20-33-32-19-7-8-26-39(32)49-40(33)34/h1-27H/i1D,3D,4D,13D,14D. The van der Waals surface area contributed by atoms with Crippen LogP contribution in [0.25, 0.3) is 100 Å². The highest BCUT2D eigenvalue weighted by Crippen LogP contribution is 2.43. The van der Waals surface area contributed by atoms with Crippen molar-refractivity contribution in [2.45, 2.75) is 0 Å². The summed E-state index contributed by atoms with van der Waals surface area (Å²) in [4.78, 5) is 14.9. The number of para-hydroxylation sites is 4. The van der Waals surface area contributed by atoms with E-state index >= 15 is 0 Å². The lowest BCUT2D eigenvalue weighted by molar-refractivity contribution is 0.665. The Kier molecular flexibility index (Phi) is 5.35. The van der Waals surface area contributed by atoms with Crippen molar-refractivity contribution < 1.29 is 15.7 Å². The van der Waals surface area contributed by atoms with Gasteiger partial charge in [0, 0.05) is 43.8 Å². The highest BCUT2D eigenvalue weighted by Gasteiger charge is 2.21. The van der Waals surface area contributed by atoms with Gasteiger partial charge in [-0.25, -0.2) is 15.0 Å². The van der Waals surface area contributed by atoms with Gasteiger partial charge in [-0.1, -0.05) is 145 Å². The van der Waals surface area contributed by atoms with Crippen LogP contribution in [-0.2, 0) is 0 Å². The summed E-state index contributed by atoms with van der Waals surface area (Å²) in [5.74, 6) is 1.19. The van der Waals surface area contributed by atoms with E-state index in [4.69, 9.17) is 30.6 Å². The summed E-state index contributed by atoms with van der Waals surface area (Å²) in [5, 5.41) is 3.92. The van der Waals surface area contributed by atoms with Gasteiger partial charge in [0.05, 0.1) is 12.4 Å². The van der Waals surface area contributed by atoms with Crippen LogP contribution in [0, 0.1) is 0 Å². The number of benzene rings is 7. The van der Waals surface area contributed by atoms with Crippen molar-refractivity contribution in [3.63, 3.8) is 0 Å². The predicted molar refractivity (Wildman–Crippen MR) is 202 cm³/mol. The summed E-state index contributed by atoms with van der Waals surface area (Å²) < 4.78 is 54.9. The molecule has 0 saturated heterocycles. The maximum Gasteiger partial charge on any atom is 0.167 e. The van der Waals surface area contributed by atoms with E-state index in [0.717, 1.165) is 49.4 Å². The van der Waals surface area contributed by atoms with Crippen molar-refractivity contribution in [1.29, 1.82) is 0 Å². The van der Waals surface area contributed by atoms with Crippen LogP contribution in [0.15, 0.2) is 173 Å². The average molecular weight is 647 g/mol. The van der Waals surface area contributed by atoms with Crippen molar-refractivity contribution in [2.75, 3.05) is 0 Å². The van der Waals surface area contributed by atoms with Crippen LogP contribution in [0.5, 0.6) is 0 Å². The maximum absolute atomic E-state index is 8.57. The minimum atomic E-state index is -0.442. The first-order chi connectivity index (χ1) is 26.9. The van der Waals surface area contributed by atoms with E-state index in [2.05, 4.69) is 18.2 Å². The van der Waals surface area contributed by atoms with Crippen molar-refractivity contribution in [3.8, 4) is 56.4 Å². The third-order valence-electron chi connectivity index (χ3n) is 9.04. The molecule has 0 N–H and O–H groups in total. The molecule has 0 fully saturated rings. The van der Waals surface area contributed by atoms with Crippen LogP contribution >= 0.6 is 0 Å². The summed E-state index contributed by atoms with van der Waals surface area (Å²) in [6.07, 6.45) is 0. The van der Waals surface area contributed by atoms with Crippen molar-refractivity contribution in [1.82, 2.24) is 15.0 Å². The molecule has 0 aliphatic rings. The third kappa shape index (κ3) is 4.60. The molecule has 7 aromatic carbocycles. The zero-order valence-electron chi connectivity index (χ0n) is 31.4. The van der Waals surface area contributed by atoms with Gasteiger partial charge in [0.15, 0.2) is 17.5 Å². The topological polar surface area (TPSA) is 65.0 Å². The van der Waals surface area contributed by atoms with Crippen LogP contribution < -0.4 is 0 Å². The molecule has 0 unspecified atom stereocenters. The van der Waals surface area contributed by atoms with Crippen molar-refractivity contribution in [3.05, 3.63) is 164 Å². The van der Waals surface area contributed by atoms with E-state index in [1.807, 2.05) is 97.1 Å². The van der Waals surface area contributed by atoms with Crippen LogP contribution in [0.4, 0.5) is 0 Å². The highest BCUT2D eigenvalue weighted by molar-refractivity contribution is 6.16. The van der Waals surface area contributed by atoms with E-state index in [1.165, 1.54) is 0 Å². The molecule has 10 rings (SSSR count). The quantitative estimate of drug-likeness (QED) is 0.186. The van der Waals surface area contributed by atoms with E-state index in [1.54, 1.807) is 18.2 Å². The lowest BCUT2D eigenvalue weighted by atomic mass is 9.99. The Bertz CT molecular complexity index is 3150. The van der Waals surface area contributed by atoms with E-state index in [0.29, 0.717) is 45.3 Å². The van der Waals surface area contributed by atoms with Gasteiger partial charge in [-0.2, -0.15) is 0 Å². The summed E-state index contributed by atoms with van der Waals surface area (Å²) in [6.45, 7) is 0. The molecule has 5 nitrogen and oxygen atoms in total. The Labute approximate surface area is 294 Å². The monoisotopic (exact) mass is 646 g/mol. The molecule has 0 aliphatic carbocycles. The summed E-state index contributed by atoms with van der Waals surface area (Å²) >= 11 is 0. The van der Waals surface area contributed by atoms with Gasteiger partial charge in [-0.05, 0) is 29.3 Å². The molecule has 0 radical (unpaired) electrons. The first-order valence-corrected chi connectivity index (χ1v) is 16.2. The fourth-order valence-electron chi connectivity index (χ4n) is 6.72. The molecule has 10 aromatic rings. The molecule has 0 bridgehead atoms. The van der Waals surface area contributed by atoms with Crippen LogP contribution in [0.2, 0.25) is 0 Å². The average Bonchev–Trinajstić information content (AvgIpc) is 3.82. The van der Waals surface area contributed by atoms with E-state index in [9.17, 15) is 0 Å². The van der Waals surface area contributed by atoms with Gasteiger partial charge in [-0.3, -0.25) is 0 Å². The molecule has 50 heavy (non-hydrogen) atoms. The van der Waals surface area contributed by atoms with Crippen LogP contribution in [0.3, 0.4) is 0 Å². The lowest BCUT2D eigenvalue weighted by Crippen LogP contribution is -2.00. The Balaban J connectivity index is 1.17.